The van der Waals surface area contributed by atoms with Gasteiger partial charge in [-0.2, -0.15) is 0 Å². The maximum absolute atomic E-state index is 11.9. The molecule has 0 saturated carbocycles. The number of rotatable bonds is 5. The Labute approximate surface area is 137 Å². The molecule has 0 aliphatic heterocycles. The fourth-order valence-corrected chi connectivity index (χ4v) is 2.19. The van der Waals surface area contributed by atoms with Crippen LogP contribution in [0.3, 0.4) is 0 Å². The van der Waals surface area contributed by atoms with Gasteiger partial charge in [-0.3, -0.25) is 9.78 Å². The van der Waals surface area contributed by atoms with Crippen molar-refractivity contribution in [3.05, 3.63) is 65.3 Å². The van der Waals surface area contributed by atoms with Crippen LogP contribution >= 0.6 is 11.6 Å². The molecular weight excluding hydrogens is 316 g/mol. The molecule has 3 rings (SSSR count). The number of benzene rings is 1. The molecule has 0 bridgehead atoms. The minimum absolute atomic E-state index is 0.165. The number of hydrogen-bond donors (Lipinski definition) is 1. The van der Waals surface area contributed by atoms with E-state index < -0.39 is 0 Å². The summed E-state index contributed by atoms with van der Waals surface area (Å²) >= 11 is 6.03. The predicted octanol–water partition coefficient (Wildman–Crippen LogP) is 2.64. The topological polar surface area (TPSA) is 80.9 Å². The van der Waals surface area contributed by atoms with E-state index in [0.717, 1.165) is 11.1 Å². The third-order valence-electron chi connectivity index (χ3n) is 3.14. The minimum Gasteiger partial charge on any atom is -0.419 e. The van der Waals surface area contributed by atoms with E-state index in [-0.39, 0.29) is 18.9 Å². The second-order valence-corrected chi connectivity index (χ2v) is 5.19. The van der Waals surface area contributed by atoms with Crippen molar-refractivity contribution < 1.29 is 9.21 Å². The van der Waals surface area contributed by atoms with Gasteiger partial charge in [-0.1, -0.05) is 29.8 Å². The summed E-state index contributed by atoms with van der Waals surface area (Å²) in [6.07, 6.45) is 3.49. The first kappa shape index (κ1) is 15.2. The van der Waals surface area contributed by atoms with Gasteiger partial charge < -0.3 is 9.73 Å². The Balaban J connectivity index is 1.58. The molecule has 23 heavy (non-hydrogen) atoms. The average Bonchev–Trinajstić information content (AvgIpc) is 3.05. The summed E-state index contributed by atoms with van der Waals surface area (Å²) in [5, 5.41) is 11.2. The summed E-state index contributed by atoms with van der Waals surface area (Å²) < 4.78 is 5.50. The molecular formula is C16H13ClN4O2. The summed E-state index contributed by atoms with van der Waals surface area (Å²) in [7, 11) is 0. The van der Waals surface area contributed by atoms with Gasteiger partial charge in [0.25, 0.3) is 0 Å². The van der Waals surface area contributed by atoms with E-state index in [4.69, 9.17) is 16.0 Å². The van der Waals surface area contributed by atoms with Gasteiger partial charge in [0, 0.05) is 23.0 Å². The standard InChI is InChI=1S/C16H13ClN4O2/c17-13-4-2-1-3-12(13)9-14(22)19-10-15-20-21-16(23-15)11-5-7-18-8-6-11/h1-8H,9-10H2,(H,19,22). The van der Waals surface area contributed by atoms with Crippen LogP contribution in [0.4, 0.5) is 0 Å². The lowest BCUT2D eigenvalue weighted by molar-refractivity contribution is -0.120. The molecule has 116 valence electrons. The van der Waals surface area contributed by atoms with E-state index in [1.54, 1.807) is 30.6 Å². The Morgan fingerprint density at radius 1 is 1.13 bits per heavy atom. The molecule has 1 N–H and O–H groups in total. The molecule has 0 aliphatic carbocycles. The van der Waals surface area contributed by atoms with Gasteiger partial charge in [0.1, 0.15) is 0 Å². The summed E-state index contributed by atoms with van der Waals surface area (Å²) in [6.45, 7) is 0.168. The van der Waals surface area contributed by atoms with Gasteiger partial charge in [0.05, 0.1) is 13.0 Å². The molecule has 0 aliphatic rings. The lowest BCUT2D eigenvalue weighted by atomic mass is 10.1. The van der Waals surface area contributed by atoms with Crippen molar-refractivity contribution in [1.82, 2.24) is 20.5 Å². The number of carbonyl (C=O) groups excluding carboxylic acids is 1. The Kier molecular flexibility index (Phi) is 4.63. The molecule has 0 unspecified atom stereocenters. The average molecular weight is 329 g/mol. The van der Waals surface area contributed by atoms with Crippen LogP contribution in [0.15, 0.2) is 53.2 Å². The number of hydrogen-bond acceptors (Lipinski definition) is 5. The van der Waals surface area contributed by atoms with Crippen LogP contribution in [-0.4, -0.2) is 21.1 Å². The van der Waals surface area contributed by atoms with Gasteiger partial charge in [-0.15, -0.1) is 10.2 Å². The maximum Gasteiger partial charge on any atom is 0.247 e. The van der Waals surface area contributed by atoms with Crippen LogP contribution in [0, 0.1) is 0 Å². The van der Waals surface area contributed by atoms with Crippen LogP contribution in [0.5, 0.6) is 0 Å². The highest BCUT2D eigenvalue weighted by Gasteiger charge is 2.11. The normalized spacial score (nSPS) is 10.5. The van der Waals surface area contributed by atoms with Crippen molar-refractivity contribution in [3.63, 3.8) is 0 Å². The molecule has 2 aromatic heterocycles. The number of nitrogens with one attached hydrogen (secondary N) is 1. The summed E-state index contributed by atoms with van der Waals surface area (Å²) in [5.74, 6) is 0.564. The highest BCUT2D eigenvalue weighted by Crippen LogP contribution is 2.17. The molecule has 6 nitrogen and oxygen atoms in total. The van der Waals surface area contributed by atoms with Crippen molar-refractivity contribution in [2.75, 3.05) is 0 Å². The zero-order valence-corrected chi connectivity index (χ0v) is 12.8. The molecule has 0 spiro atoms. The zero-order valence-electron chi connectivity index (χ0n) is 12.1. The Morgan fingerprint density at radius 3 is 2.70 bits per heavy atom. The van der Waals surface area contributed by atoms with Gasteiger partial charge in [-0.05, 0) is 23.8 Å². The second-order valence-electron chi connectivity index (χ2n) is 4.78. The Morgan fingerprint density at radius 2 is 1.91 bits per heavy atom. The zero-order chi connectivity index (χ0) is 16.1. The Bertz CT molecular complexity index is 805. The van der Waals surface area contributed by atoms with Crippen molar-refractivity contribution in [3.8, 4) is 11.5 Å². The number of nitrogens with zero attached hydrogens (tertiary/aromatic N) is 3. The van der Waals surface area contributed by atoms with Crippen LogP contribution < -0.4 is 5.32 Å². The van der Waals surface area contributed by atoms with E-state index in [1.165, 1.54) is 0 Å². The SMILES string of the molecule is O=C(Cc1ccccc1Cl)NCc1nnc(-c2ccncc2)o1. The van der Waals surface area contributed by atoms with Gasteiger partial charge >= 0.3 is 0 Å². The van der Waals surface area contributed by atoms with Crippen LogP contribution in [0.25, 0.3) is 11.5 Å². The van der Waals surface area contributed by atoms with Gasteiger partial charge in [0.2, 0.25) is 17.7 Å². The summed E-state index contributed by atoms with van der Waals surface area (Å²) in [5.41, 5.74) is 1.55. The van der Waals surface area contributed by atoms with Crippen molar-refractivity contribution >= 4 is 17.5 Å². The maximum atomic E-state index is 11.9. The number of pyridine rings is 1. The third-order valence-corrected chi connectivity index (χ3v) is 3.51. The molecule has 0 fully saturated rings. The van der Waals surface area contributed by atoms with E-state index in [9.17, 15) is 4.79 Å². The van der Waals surface area contributed by atoms with Gasteiger partial charge in [-0.25, -0.2) is 0 Å². The number of halogens is 1. The summed E-state index contributed by atoms with van der Waals surface area (Å²) in [4.78, 5) is 15.9. The molecule has 0 saturated heterocycles. The monoisotopic (exact) mass is 328 g/mol. The first-order valence-electron chi connectivity index (χ1n) is 6.95. The van der Waals surface area contributed by atoms with Crippen molar-refractivity contribution in [2.24, 2.45) is 0 Å². The van der Waals surface area contributed by atoms with E-state index in [1.807, 2.05) is 18.2 Å². The number of carbonyl (C=O) groups is 1. The predicted molar refractivity (Wildman–Crippen MR) is 84.5 cm³/mol. The van der Waals surface area contributed by atoms with Crippen LogP contribution in [0.2, 0.25) is 5.02 Å². The molecule has 7 heteroatoms. The number of amides is 1. The smallest absolute Gasteiger partial charge is 0.247 e. The van der Waals surface area contributed by atoms with Crippen LogP contribution in [0.1, 0.15) is 11.5 Å². The highest BCUT2D eigenvalue weighted by atomic mass is 35.5. The largest absolute Gasteiger partial charge is 0.419 e. The van der Waals surface area contributed by atoms with E-state index in [0.29, 0.717) is 16.8 Å². The lowest BCUT2D eigenvalue weighted by Gasteiger charge is -2.04. The fourth-order valence-electron chi connectivity index (χ4n) is 1.99. The van der Waals surface area contributed by atoms with E-state index in [2.05, 4.69) is 20.5 Å². The highest BCUT2D eigenvalue weighted by molar-refractivity contribution is 6.31. The molecule has 1 aromatic carbocycles. The number of aromatic nitrogens is 3. The second kappa shape index (κ2) is 7.02. The quantitative estimate of drug-likeness (QED) is 0.778. The molecule has 1 amide bonds. The minimum atomic E-state index is -0.165. The lowest BCUT2D eigenvalue weighted by Crippen LogP contribution is -2.24. The van der Waals surface area contributed by atoms with Crippen molar-refractivity contribution in [2.45, 2.75) is 13.0 Å². The van der Waals surface area contributed by atoms with Gasteiger partial charge in [0.15, 0.2) is 0 Å². The molecule has 0 radical (unpaired) electrons. The first-order chi connectivity index (χ1) is 11.2. The Hall–Kier alpha value is -2.73. The van der Waals surface area contributed by atoms with Crippen molar-refractivity contribution in [1.29, 1.82) is 0 Å². The fraction of sp³-hybridized carbons (Fsp3) is 0.125. The molecule has 0 atom stereocenters. The molecule has 3 aromatic rings. The molecule has 2 heterocycles. The van der Waals surface area contributed by atoms with E-state index >= 15 is 0 Å². The first-order valence-corrected chi connectivity index (χ1v) is 7.33. The third kappa shape index (κ3) is 3.92. The van der Waals surface area contributed by atoms with Crippen LogP contribution in [-0.2, 0) is 17.8 Å². The summed E-state index contributed by atoms with van der Waals surface area (Å²) in [6, 6.07) is 10.8.